The van der Waals surface area contributed by atoms with E-state index < -0.39 is 52.7 Å². The molecule has 0 bridgehead atoms. The molecule has 7 nitrogen and oxygen atoms in total. The van der Waals surface area contributed by atoms with Gasteiger partial charge < -0.3 is 4.74 Å². The maximum Gasteiger partial charge on any atom is 0.498 e. The van der Waals surface area contributed by atoms with Gasteiger partial charge in [0, 0.05) is 23.1 Å². The molecule has 3 aromatic rings. The van der Waals surface area contributed by atoms with Crippen molar-refractivity contribution in [1.82, 2.24) is 4.98 Å². The van der Waals surface area contributed by atoms with Crippen molar-refractivity contribution in [3.63, 3.8) is 0 Å². The molecule has 16 heteroatoms. The van der Waals surface area contributed by atoms with E-state index in [1.807, 2.05) is 0 Å². The summed E-state index contributed by atoms with van der Waals surface area (Å²) in [5.41, 5.74) is -14.6. The van der Waals surface area contributed by atoms with Crippen molar-refractivity contribution in [2.45, 2.75) is 22.0 Å². The number of alkyl halides is 6. The molecule has 0 saturated carbocycles. The van der Waals surface area contributed by atoms with Gasteiger partial charge in [0.1, 0.15) is 10.6 Å². The third-order valence-corrected chi connectivity index (χ3v) is 10.6. The van der Waals surface area contributed by atoms with E-state index in [0.29, 0.717) is 17.1 Å². The predicted molar refractivity (Wildman–Crippen MR) is 115 cm³/mol. The SMILES string of the molecule is COc1ccc(-c2sc3ncccc3c(=O)c2CC(S(=O)(=O)C(F)(F)F)S(=O)(=O)C(F)(F)F)cc1. The summed E-state index contributed by atoms with van der Waals surface area (Å²) in [6.45, 7) is 0. The number of sulfone groups is 2. The van der Waals surface area contributed by atoms with E-state index in [2.05, 4.69) is 4.98 Å². The lowest BCUT2D eigenvalue weighted by Crippen LogP contribution is -2.46. The van der Waals surface area contributed by atoms with Gasteiger partial charge in [0.15, 0.2) is 10.0 Å². The van der Waals surface area contributed by atoms with Gasteiger partial charge in [-0.25, -0.2) is 21.8 Å². The Morgan fingerprint density at radius 2 is 1.49 bits per heavy atom. The molecular weight excluding hydrogens is 548 g/mol. The second-order valence-corrected chi connectivity index (χ2v) is 12.5. The first kappa shape index (κ1) is 26.9. The number of aromatic nitrogens is 1. The summed E-state index contributed by atoms with van der Waals surface area (Å²) in [7, 11) is -12.5. The molecule has 0 aliphatic heterocycles. The molecule has 2 aromatic heterocycles. The highest BCUT2D eigenvalue weighted by molar-refractivity contribution is 8.09. The summed E-state index contributed by atoms with van der Waals surface area (Å²) in [5.74, 6) is 0.318. The summed E-state index contributed by atoms with van der Waals surface area (Å²) in [6.07, 6.45) is -0.619. The minimum atomic E-state index is -6.94. The van der Waals surface area contributed by atoms with E-state index in [0.717, 1.165) is 0 Å². The maximum atomic E-state index is 13.2. The summed E-state index contributed by atoms with van der Waals surface area (Å²) >= 11 is 0.668. The molecule has 35 heavy (non-hydrogen) atoms. The molecule has 0 atom stereocenters. The van der Waals surface area contributed by atoms with Gasteiger partial charge in [-0.1, -0.05) is 0 Å². The normalized spacial score (nSPS) is 13.4. The van der Waals surface area contributed by atoms with Gasteiger partial charge in [-0.3, -0.25) is 4.79 Å². The van der Waals surface area contributed by atoms with Gasteiger partial charge in [0.25, 0.3) is 19.7 Å². The zero-order valence-corrected chi connectivity index (χ0v) is 19.7. The van der Waals surface area contributed by atoms with E-state index in [1.165, 1.54) is 49.7 Å². The Morgan fingerprint density at radius 3 is 1.97 bits per heavy atom. The van der Waals surface area contributed by atoms with Gasteiger partial charge in [-0.05, 0) is 42.0 Å². The smallest absolute Gasteiger partial charge is 0.497 e. The van der Waals surface area contributed by atoms with Gasteiger partial charge >= 0.3 is 11.0 Å². The second-order valence-electron chi connectivity index (χ2n) is 6.94. The van der Waals surface area contributed by atoms with Crippen LogP contribution >= 0.6 is 11.3 Å². The number of ether oxygens (including phenoxy) is 1. The maximum absolute atomic E-state index is 13.2. The summed E-state index contributed by atoms with van der Waals surface area (Å²) < 4.78 is 129. The van der Waals surface area contributed by atoms with E-state index in [4.69, 9.17) is 4.74 Å². The Morgan fingerprint density at radius 1 is 0.943 bits per heavy atom. The van der Waals surface area contributed by atoms with Gasteiger partial charge in [0.05, 0.1) is 12.5 Å². The first-order valence-electron chi connectivity index (χ1n) is 9.18. The molecular formula is C19H13F6NO6S3. The lowest BCUT2D eigenvalue weighted by atomic mass is 10.1. The average molecular weight is 562 g/mol. The highest BCUT2D eigenvalue weighted by Gasteiger charge is 2.63. The van der Waals surface area contributed by atoms with E-state index in [1.54, 1.807) is 0 Å². The molecule has 0 saturated heterocycles. The first-order valence-corrected chi connectivity index (χ1v) is 13.1. The average Bonchev–Trinajstić information content (AvgIpc) is 2.76. The number of hydrogen-bond donors (Lipinski definition) is 0. The Hall–Kier alpha value is -2.72. The van der Waals surface area contributed by atoms with Gasteiger partial charge in [-0.15, -0.1) is 11.3 Å². The van der Waals surface area contributed by atoms with Crippen LogP contribution < -0.4 is 10.2 Å². The Kier molecular flexibility index (Phi) is 6.95. The molecule has 0 radical (unpaired) electrons. The van der Waals surface area contributed by atoms with E-state index in [9.17, 15) is 48.0 Å². The lowest BCUT2D eigenvalue weighted by molar-refractivity contribution is -0.0471. The molecule has 2 heterocycles. The number of halogens is 6. The summed E-state index contributed by atoms with van der Waals surface area (Å²) in [4.78, 5) is 16.9. The standard InChI is InChI=1S/C19H13F6NO6S3/c1-32-11-6-4-10(5-7-11)16-13(15(27)12-3-2-8-26-17(12)33-16)9-14(34(28,29)18(20,21)22)35(30,31)19(23,24)25/h2-8,14H,9H2,1H3. The molecule has 190 valence electrons. The zero-order valence-electron chi connectivity index (χ0n) is 17.2. The van der Waals surface area contributed by atoms with Crippen LogP contribution in [0.2, 0.25) is 0 Å². The van der Waals surface area contributed by atoms with Crippen LogP contribution in [0.1, 0.15) is 5.56 Å². The minimum absolute atomic E-state index is 0.0426. The Balaban J connectivity index is 2.38. The van der Waals surface area contributed by atoms with Gasteiger partial charge in [0.2, 0.25) is 0 Å². The Labute approximate surface area is 197 Å². The van der Waals surface area contributed by atoms with Crippen LogP contribution in [0, 0.1) is 0 Å². The van der Waals surface area contributed by atoms with Crippen LogP contribution in [-0.2, 0) is 26.1 Å². The highest BCUT2D eigenvalue weighted by atomic mass is 32.3. The van der Waals surface area contributed by atoms with E-state index in [-0.39, 0.29) is 20.7 Å². The molecule has 3 rings (SSSR count). The van der Waals surface area contributed by atoms with E-state index >= 15 is 0 Å². The fourth-order valence-electron chi connectivity index (χ4n) is 3.08. The van der Waals surface area contributed by atoms with Crippen LogP contribution in [0.15, 0.2) is 47.4 Å². The Bertz CT molecular complexity index is 1480. The topological polar surface area (TPSA) is 107 Å². The minimum Gasteiger partial charge on any atom is -0.497 e. The van der Waals surface area contributed by atoms with Crippen LogP contribution in [0.25, 0.3) is 20.7 Å². The van der Waals surface area contributed by atoms with Crippen LogP contribution in [0.5, 0.6) is 5.75 Å². The monoisotopic (exact) mass is 561 g/mol. The molecule has 0 aliphatic carbocycles. The fourth-order valence-corrected chi connectivity index (χ4v) is 7.57. The molecule has 0 N–H and O–H groups in total. The summed E-state index contributed by atoms with van der Waals surface area (Å²) in [5, 5.41) is -0.239. The van der Waals surface area contributed by atoms with Crippen molar-refractivity contribution in [2.24, 2.45) is 0 Å². The highest BCUT2D eigenvalue weighted by Crippen LogP contribution is 2.40. The third kappa shape index (κ3) is 4.86. The molecule has 0 amide bonds. The van der Waals surface area contributed by atoms with Crippen molar-refractivity contribution >= 4 is 41.2 Å². The van der Waals surface area contributed by atoms with Crippen molar-refractivity contribution in [3.05, 3.63) is 58.4 Å². The number of nitrogens with zero attached hydrogens (tertiary/aromatic N) is 1. The largest absolute Gasteiger partial charge is 0.498 e. The quantitative estimate of drug-likeness (QED) is 0.418. The third-order valence-electron chi connectivity index (χ3n) is 4.82. The molecule has 0 unspecified atom stereocenters. The number of fused-ring (bicyclic) bond motifs is 1. The summed E-state index contributed by atoms with van der Waals surface area (Å²) in [6, 6.07) is 7.81. The number of pyridine rings is 1. The van der Waals surface area contributed by atoms with Crippen LogP contribution in [0.4, 0.5) is 26.3 Å². The van der Waals surface area contributed by atoms with Crippen LogP contribution in [-0.4, -0.2) is 44.5 Å². The number of methoxy groups -OCH3 is 1. The molecule has 0 fully saturated rings. The molecule has 1 aromatic carbocycles. The molecule has 0 aliphatic rings. The first-order chi connectivity index (χ1) is 16.0. The number of hydrogen-bond acceptors (Lipinski definition) is 8. The zero-order chi connectivity index (χ0) is 26.4. The number of benzene rings is 1. The fraction of sp³-hybridized carbons (Fsp3) is 0.263. The number of rotatable bonds is 6. The van der Waals surface area contributed by atoms with Crippen molar-refractivity contribution in [1.29, 1.82) is 0 Å². The van der Waals surface area contributed by atoms with Crippen molar-refractivity contribution in [2.75, 3.05) is 7.11 Å². The second kappa shape index (κ2) is 9.05. The predicted octanol–water partition coefficient (Wildman–Crippen LogP) is 4.07. The van der Waals surface area contributed by atoms with Crippen LogP contribution in [0.3, 0.4) is 0 Å². The molecule has 0 spiro atoms. The van der Waals surface area contributed by atoms with Crippen molar-refractivity contribution in [3.8, 4) is 16.2 Å². The van der Waals surface area contributed by atoms with Crippen molar-refractivity contribution < 1.29 is 47.9 Å². The lowest BCUT2D eigenvalue weighted by Gasteiger charge is -2.22. The van der Waals surface area contributed by atoms with Gasteiger partial charge in [-0.2, -0.15) is 26.3 Å².